The molecule has 1 aromatic carbocycles. The van der Waals surface area contributed by atoms with Gasteiger partial charge in [-0.25, -0.2) is 0 Å². The van der Waals surface area contributed by atoms with E-state index in [0.717, 1.165) is 53.2 Å². The molecule has 0 N–H and O–H groups in total. The quantitative estimate of drug-likeness (QED) is 0.598. The first-order valence-corrected chi connectivity index (χ1v) is 10.1. The summed E-state index contributed by atoms with van der Waals surface area (Å²) in [4.78, 5) is 1.19. The van der Waals surface area contributed by atoms with Gasteiger partial charge < -0.3 is 4.74 Å². The zero-order valence-electron chi connectivity index (χ0n) is 13.9. The van der Waals surface area contributed by atoms with E-state index in [9.17, 15) is 0 Å². The van der Waals surface area contributed by atoms with E-state index in [1.807, 2.05) is 35.0 Å². The molecule has 0 fully saturated rings. The first-order chi connectivity index (χ1) is 12.3. The Hall–Kier alpha value is -2.12. The minimum atomic E-state index is 0.751. The second kappa shape index (κ2) is 7.41. The lowest BCUT2D eigenvalue weighted by Gasteiger charge is -2.12. The van der Waals surface area contributed by atoms with Crippen LogP contribution in [-0.4, -0.2) is 32.9 Å². The first kappa shape index (κ1) is 16.4. The lowest BCUT2D eigenvalue weighted by atomic mass is 10.2. The van der Waals surface area contributed by atoms with Crippen LogP contribution >= 0.6 is 23.1 Å². The largest absolute Gasteiger partial charge is 0.494 e. The molecule has 0 aliphatic carbocycles. The SMILES string of the molecule is CCCCOc1ccc(-c2nnc3n2N=C(c2cccs2)CS3)cc1. The molecular formula is C18H18N4OS2. The van der Waals surface area contributed by atoms with E-state index in [0.29, 0.717) is 0 Å². The van der Waals surface area contributed by atoms with Crippen molar-refractivity contribution in [2.45, 2.75) is 24.9 Å². The predicted octanol–water partition coefficient (Wildman–Crippen LogP) is 4.54. The van der Waals surface area contributed by atoms with E-state index in [4.69, 9.17) is 9.84 Å². The Bertz CT molecular complexity index is 869. The van der Waals surface area contributed by atoms with Gasteiger partial charge in [0.2, 0.25) is 5.16 Å². The van der Waals surface area contributed by atoms with Gasteiger partial charge in [-0.3, -0.25) is 0 Å². The molecule has 1 aliphatic rings. The van der Waals surface area contributed by atoms with Crippen molar-refractivity contribution in [3.8, 4) is 17.1 Å². The average Bonchev–Trinajstić information content (AvgIpc) is 3.32. The summed E-state index contributed by atoms with van der Waals surface area (Å²) in [5.41, 5.74) is 2.05. The molecule has 4 rings (SSSR count). The highest BCUT2D eigenvalue weighted by atomic mass is 32.2. The van der Waals surface area contributed by atoms with Crippen molar-refractivity contribution in [3.05, 3.63) is 46.7 Å². The van der Waals surface area contributed by atoms with Crippen LogP contribution in [-0.2, 0) is 0 Å². The Kier molecular flexibility index (Phi) is 4.85. The Balaban J connectivity index is 1.60. The van der Waals surface area contributed by atoms with Crippen molar-refractivity contribution in [1.82, 2.24) is 14.9 Å². The standard InChI is InChI=1S/C18H18N4OS2/c1-2-3-10-23-14-8-6-13(7-9-14)17-19-20-18-22(17)21-15(12-25-18)16-5-4-11-24-16/h4-9,11H,2-3,10,12H2,1H3. The molecule has 3 aromatic rings. The number of unbranched alkanes of at least 4 members (excludes halogenated alkanes) is 1. The molecule has 0 saturated heterocycles. The number of nitrogens with zero attached hydrogens (tertiary/aromatic N) is 4. The van der Waals surface area contributed by atoms with Crippen LogP contribution in [0.4, 0.5) is 0 Å². The van der Waals surface area contributed by atoms with Gasteiger partial charge in [-0.1, -0.05) is 31.2 Å². The summed E-state index contributed by atoms with van der Waals surface area (Å²) < 4.78 is 7.57. The molecule has 25 heavy (non-hydrogen) atoms. The Morgan fingerprint density at radius 3 is 2.80 bits per heavy atom. The van der Waals surface area contributed by atoms with Crippen molar-refractivity contribution >= 4 is 28.8 Å². The lowest BCUT2D eigenvalue weighted by Crippen LogP contribution is -2.12. The van der Waals surface area contributed by atoms with E-state index in [1.165, 1.54) is 4.88 Å². The fraction of sp³-hybridized carbons (Fsp3) is 0.278. The molecule has 0 amide bonds. The number of benzene rings is 1. The zero-order chi connectivity index (χ0) is 17.1. The third-order valence-electron chi connectivity index (χ3n) is 3.86. The molecule has 0 saturated carbocycles. The van der Waals surface area contributed by atoms with Crippen LogP contribution in [0, 0.1) is 0 Å². The molecule has 3 heterocycles. The Morgan fingerprint density at radius 2 is 2.04 bits per heavy atom. The fourth-order valence-electron chi connectivity index (χ4n) is 2.51. The highest BCUT2D eigenvalue weighted by Gasteiger charge is 2.21. The highest BCUT2D eigenvalue weighted by molar-refractivity contribution is 7.99. The summed E-state index contributed by atoms with van der Waals surface area (Å²) >= 11 is 3.37. The normalized spacial score (nSPS) is 13.4. The van der Waals surface area contributed by atoms with Gasteiger partial charge in [-0.05, 0) is 42.1 Å². The smallest absolute Gasteiger partial charge is 0.212 e. The second-order valence-electron chi connectivity index (χ2n) is 5.66. The molecule has 7 heteroatoms. The van der Waals surface area contributed by atoms with Gasteiger partial charge >= 0.3 is 0 Å². The van der Waals surface area contributed by atoms with Crippen LogP contribution in [0.25, 0.3) is 11.4 Å². The minimum absolute atomic E-state index is 0.751. The molecule has 0 spiro atoms. The van der Waals surface area contributed by atoms with Crippen LogP contribution < -0.4 is 4.74 Å². The van der Waals surface area contributed by atoms with Gasteiger partial charge in [0.05, 0.1) is 17.2 Å². The van der Waals surface area contributed by atoms with Crippen LogP contribution in [0.1, 0.15) is 24.6 Å². The zero-order valence-corrected chi connectivity index (χ0v) is 15.5. The number of hydrogen-bond donors (Lipinski definition) is 0. The Morgan fingerprint density at radius 1 is 1.16 bits per heavy atom. The molecule has 2 aromatic heterocycles. The maximum atomic E-state index is 5.72. The van der Waals surface area contributed by atoms with Gasteiger partial charge in [0.15, 0.2) is 5.82 Å². The Labute approximate surface area is 154 Å². The van der Waals surface area contributed by atoms with E-state index in [1.54, 1.807) is 23.1 Å². The maximum absolute atomic E-state index is 5.72. The molecule has 128 valence electrons. The predicted molar refractivity (Wildman–Crippen MR) is 103 cm³/mol. The van der Waals surface area contributed by atoms with Crippen molar-refractivity contribution in [1.29, 1.82) is 0 Å². The van der Waals surface area contributed by atoms with E-state index in [2.05, 4.69) is 28.6 Å². The summed E-state index contributed by atoms with van der Waals surface area (Å²) in [5.74, 6) is 2.46. The average molecular weight is 371 g/mol. The molecule has 0 atom stereocenters. The maximum Gasteiger partial charge on any atom is 0.212 e. The van der Waals surface area contributed by atoms with Gasteiger partial charge in [-0.15, -0.1) is 21.5 Å². The number of rotatable bonds is 6. The summed E-state index contributed by atoms with van der Waals surface area (Å²) in [5, 5.41) is 16.3. The van der Waals surface area contributed by atoms with Gasteiger partial charge in [-0.2, -0.15) is 9.78 Å². The number of thiophene rings is 1. The molecule has 0 unspecified atom stereocenters. The van der Waals surface area contributed by atoms with E-state index < -0.39 is 0 Å². The minimum Gasteiger partial charge on any atom is -0.494 e. The van der Waals surface area contributed by atoms with E-state index >= 15 is 0 Å². The van der Waals surface area contributed by atoms with Crippen molar-refractivity contribution in [3.63, 3.8) is 0 Å². The van der Waals surface area contributed by atoms with Crippen molar-refractivity contribution < 1.29 is 4.74 Å². The molecule has 0 bridgehead atoms. The monoisotopic (exact) mass is 370 g/mol. The number of hydrogen-bond acceptors (Lipinski definition) is 6. The number of thioether (sulfide) groups is 1. The molecular weight excluding hydrogens is 352 g/mol. The number of fused-ring (bicyclic) bond motifs is 1. The number of ether oxygens (including phenoxy) is 1. The fourth-order valence-corrected chi connectivity index (χ4v) is 4.13. The summed E-state index contributed by atoms with van der Waals surface area (Å²) in [6.07, 6.45) is 2.20. The summed E-state index contributed by atoms with van der Waals surface area (Å²) in [6.45, 7) is 2.91. The van der Waals surface area contributed by atoms with E-state index in [-0.39, 0.29) is 0 Å². The highest BCUT2D eigenvalue weighted by Crippen LogP contribution is 2.30. The summed E-state index contributed by atoms with van der Waals surface area (Å²) in [6, 6.07) is 12.1. The van der Waals surface area contributed by atoms with Crippen molar-refractivity contribution in [2.24, 2.45) is 5.10 Å². The van der Waals surface area contributed by atoms with Gasteiger partial charge in [0, 0.05) is 11.3 Å². The molecule has 5 nitrogen and oxygen atoms in total. The van der Waals surface area contributed by atoms with Crippen LogP contribution in [0.5, 0.6) is 5.75 Å². The van der Waals surface area contributed by atoms with Crippen LogP contribution in [0.3, 0.4) is 0 Å². The second-order valence-corrected chi connectivity index (χ2v) is 7.55. The summed E-state index contributed by atoms with van der Waals surface area (Å²) in [7, 11) is 0. The molecule has 0 radical (unpaired) electrons. The topological polar surface area (TPSA) is 52.3 Å². The number of aromatic nitrogens is 3. The van der Waals surface area contributed by atoms with Crippen LogP contribution in [0.2, 0.25) is 0 Å². The van der Waals surface area contributed by atoms with Crippen molar-refractivity contribution in [2.75, 3.05) is 12.4 Å². The molecule has 1 aliphatic heterocycles. The first-order valence-electron chi connectivity index (χ1n) is 8.28. The third kappa shape index (κ3) is 3.48. The van der Waals surface area contributed by atoms with Gasteiger partial charge in [0.25, 0.3) is 0 Å². The van der Waals surface area contributed by atoms with Crippen LogP contribution in [0.15, 0.2) is 52.0 Å². The lowest BCUT2D eigenvalue weighted by molar-refractivity contribution is 0.309. The van der Waals surface area contributed by atoms with Gasteiger partial charge in [0.1, 0.15) is 5.75 Å². The third-order valence-corrected chi connectivity index (χ3v) is 5.70.